The van der Waals surface area contributed by atoms with Gasteiger partial charge in [-0.05, 0) is 6.42 Å². The second-order valence-corrected chi connectivity index (χ2v) is 6.86. The number of unbranched alkanes of at least 4 members (excludes halogenated alkanes) is 3. The minimum atomic E-state index is -0.570. The Morgan fingerprint density at radius 2 is 1.73 bits per heavy atom. The number of hydrogen-bond donors (Lipinski definition) is 2. The standard InChI is InChI=1S/C18H27N3O4S/c1-5-6-7-8-9-13(22)17-20-21-18(26-17)19-12-10-14(23-2)16(25-4)15(11-12)24-3/h10-11,13,22H,5-9H2,1-4H3,(H,19,21). The molecule has 2 rings (SSSR count). The molecule has 1 unspecified atom stereocenters. The van der Waals surface area contributed by atoms with Gasteiger partial charge in [-0.3, -0.25) is 0 Å². The molecule has 0 aliphatic heterocycles. The molecular formula is C18H27N3O4S. The molecule has 26 heavy (non-hydrogen) atoms. The van der Waals surface area contributed by atoms with E-state index >= 15 is 0 Å². The topological polar surface area (TPSA) is 85.7 Å². The maximum Gasteiger partial charge on any atom is 0.210 e. The second-order valence-electron chi connectivity index (χ2n) is 5.85. The highest BCUT2D eigenvalue weighted by atomic mass is 32.1. The van der Waals surface area contributed by atoms with Gasteiger partial charge in [-0.25, -0.2) is 0 Å². The van der Waals surface area contributed by atoms with Crippen LogP contribution in [0.4, 0.5) is 10.8 Å². The van der Waals surface area contributed by atoms with Crippen LogP contribution in [0.1, 0.15) is 50.1 Å². The van der Waals surface area contributed by atoms with Crippen molar-refractivity contribution in [3.63, 3.8) is 0 Å². The van der Waals surface area contributed by atoms with Gasteiger partial charge in [-0.2, -0.15) is 0 Å². The van der Waals surface area contributed by atoms with E-state index in [1.165, 1.54) is 24.2 Å². The highest BCUT2D eigenvalue weighted by Crippen LogP contribution is 2.41. The molecular weight excluding hydrogens is 354 g/mol. The van der Waals surface area contributed by atoms with Crippen LogP contribution in [-0.4, -0.2) is 36.6 Å². The van der Waals surface area contributed by atoms with Crippen molar-refractivity contribution in [3.05, 3.63) is 17.1 Å². The van der Waals surface area contributed by atoms with Gasteiger partial charge in [0.2, 0.25) is 10.9 Å². The normalized spacial score (nSPS) is 11.9. The third-order valence-electron chi connectivity index (χ3n) is 3.97. The van der Waals surface area contributed by atoms with Crippen molar-refractivity contribution < 1.29 is 19.3 Å². The Morgan fingerprint density at radius 3 is 2.31 bits per heavy atom. The smallest absolute Gasteiger partial charge is 0.210 e. The minimum Gasteiger partial charge on any atom is -0.493 e. The van der Waals surface area contributed by atoms with E-state index in [0.29, 0.717) is 33.8 Å². The molecule has 0 amide bonds. The Kier molecular flexibility index (Phi) is 7.93. The quantitative estimate of drug-likeness (QED) is 0.561. The van der Waals surface area contributed by atoms with Crippen molar-refractivity contribution >= 4 is 22.2 Å². The molecule has 2 aromatic rings. The Bertz CT molecular complexity index is 668. The molecule has 0 aliphatic rings. The zero-order valence-electron chi connectivity index (χ0n) is 15.7. The summed E-state index contributed by atoms with van der Waals surface area (Å²) in [5, 5.41) is 22.9. The summed E-state index contributed by atoms with van der Waals surface area (Å²) in [5.41, 5.74) is 0.736. The van der Waals surface area contributed by atoms with E-state index in [1.54, 1.807) is 33.5 Å². The first-order valence-corrected chi connectivity index (χ1v) is 9.53. The van der Waals surface area contributed by atoms with Crippen molar-refractivity contribution in [1.29, 1.82) is 0 Å². The second kappa shape index (κ2) is 10.2. The lowest BCUT2D eigenvalue weighted by molar-refractivity contribution is 0.162. The third kappa shape index (κ3) is 5.22. The maximum absolute atomic E-state index is 10.3. The lowest BCUT2D eigenvalue weighted by Crippen LogP contribution is -1.97. The summed E-state index contributed by atoms with van der Waals surface area (Å²) in [7, 11) is 4.70. The van der Waals surface area contributed by atoms with Gasteiger partial charge >= 0.3 is 0 Å². The molecule has 0 saturated carbocycles. The molecule has 0 fully saturated rings. The van der Waals surface area contributed by atoms with Crippen molar-refractivity contribution in [3.8, 4) is 17.2 Å². The van der Waals surface area contributed by atoms with Crippen LogP contribution in [0.15, 0.2) is 12.1 Å². The number of methoxy groups -OCH3 is 3. The molecule has 8 heteroatoms. The fourth-order valence-electron chi connectivity index (χ4n) is 2.58. The van der Waals surface area contributed by atoms with Crippen molar-refractivity contribution in [2.45, 2.75) is 45.1 Å². The fraction of sp³-hybridized carbons (Fsp3) is 0.556. The molecule has 1 aromatic carbocycles. The summed E-state index contributed by atoms with van der Waals surface area (Å²) in [4.78, 5) is 0. The number of nitrogens with zero attached hydrogens (tertiary/aromatic N) is 2. The van der Waals surface area contributed by atoms with Gasteiger partial charge in [0.25, 0.3) is 0 Å². The van der Waals surface area contributed by atoms with Crippen LogP contribution >= 0.6 is 11.3 Å². The van der Waals surface area contributed by atoms with Crippen LogP contribution in [0, 0.1) is 0 Å². The lowest BCUT2D eigenvalue weighted by atomic mass is 10.1. The third-order valence-corrected chi connectivity index (χ3v) is 4.91. The molecule has 1 aromatic heterocycles. The predicted octanol–water partition coefficient (Wildman–Crippen LogP) is 4.31. The Hall–Kier alpha value is -2.06. The van der Waals surface area contributed by atoms with Crippen LogP contribution < -0.4 is 19.5 Å². The Morgan fingerprint density at radius 1 is 1.04 bits per heavy atom. The van der Waals surface area contributed by atoms with E-state index in [2.05, 4.69) is 22.4 Å². The van der Waals surface area contributed by atoms with Crippen LogP contribution in [0.2, 0.25) is 0 Å². The number of benzene rings is 1. The Balaban J connectivity index is 2.06. The molecule has 2 N–H and O–H groups in total. The summed E-state index contributed by atoms with van der Waals surface area (Å²) in [6, 6.07) is 3.59. The number of rotatable bonds is 11. The molecule has 0 spiro atoms. The van der Waals surface area contributed by atoms with Crippen LogP contribution in [0.3, 0.4) is 0 Å². The van der Waals surface area contributed by atoms with Crippen LogP contribution in [0.5, 0.6) is 17.2 Å². The fourth-order valence-corrected chi connectivity index (χ4v) is 3.37. The molecule has 7 nitrogen and oxygen atoms in total. The number of aliphatic hydroxyl groups is 1. The average molecular weight is 381 g/mol. The maximum atomic E-state index is 10.3. The summed E-state index contributed by atoms with van der Waals surface area (Å²) in [6.45, 7) is 2.17. The van der Waals surface area contributed by atoms with Crippen LogP contribution in [-0.2, 0) is 0 Å². The van der Waals surface area contributed by atoms with Gasteiger partial charge in [0.1, 0.15) is 11.1 Å². The molecule has 144 valence electrons. The van der Waals surface area contributed by atoms with E-state index in [4.69, 9.17) is 14.2 Å². The number of hydrogen-bond acceptors (Lipinski definition) is 8. The number of aromatic nitrogens is 2. The van der Waals surface area contributed by atoms with E-state index in [-0.39, 0.29) is 0 Å². The molecule has 1 heterocycles. The average Bonchev–Trinajstić information content (AvgIpc) is 3.12. The first-order chi connectivity index (χ1) is 12.6. The molecule has 0 radical (unpaired) electrons. The van der Waals surface area contributed by atoms with Gasteiger partial charge in [0, 0.05) is 17.8 Å². The van der Waals surface area contributed by atoms with Crippen molar-refractivity contribution in [1.82, 2.24) is 10.2 Å². The van der Waals surface area contributed by atoms with Crippen molar-refractivity contribution in [2.75, 3.05) is 26.6 Å². The highest BCUT2D eigenvalue weighted by molar-refractivity contribution is 7.15. The van der Waals surface area contributed by atoms with Gasteiger partial charge in [-0.15, -0.1) is 10.2 Å². The van der Waals surface area contributed by atoms with Crippen LogP contribution in [0.25, 0.3) is 0 Å². The summed E-state index contributed by atoms with van der Waals surface area (Å²) < 4.78 is 16.0. The summed E-state index contributed by atoms with van der Waals surface area (Å²) in [6.07, 6.45) is 4.63. The van der Waals surface area contributed by atoms with Gasteiger partial charge in [0.05, 0.1) is 21.3 Å². The van der Waals surface area contributed by atoms with Crippen molar-refractivity contribution in [2.24, 2.45) is 0 Å². The Labute approximate surface area is 158 Å². The van der Waals surface area contributed by atoms with E-state index in [1.807, 2.05) is 0 Å². The monoisotopic (exact) mass is 381 g/mol. The lowest BCUT2D eigenvalue weighted by Gasteiger charge is -2.14. The molecule has 0 bridgehead atoms. The molecule has 1 atom stereocenters. The van der Waals surface area contributed by atoms with E-state index in [0.717, 1.165) is 18.5 Å². The number of ether oxygens (including phenoxy) is 3. The highest BCUT2D eigenvalue weighted by Gasteiger charge is 2.16. The van der Waals surface area contributed by atoms with E-state index < -0.39 is 6.10 Å². The van der Waals surface area contributed by atoms with Gasteiger partial charge in [-0.1, -0.05) is 43.9 Å². The molecule has 0 aliphatic carbocycles. The van der Waals surface area contributed by atoms with E-state index in [9.17, 15) is 5.11 Å². The zero-order valence-corrected chi connectivity index (χ0v) is 16.6. The first-order valence-electron chi connectivity index (χ1n) is 8.71. The zero-order chi connectivity index (χ0) is 18.9. The predicted molar refractivity (Wildman–Crippen MR) is 103 cm³/mol. The van der Waals surface area contributed by atoms with Gasteiger partial charge in [0.15, 0.2) is 11.5 Å². The molecule has 0 saturated heterocycles. The SMILES string of the molecule is CCCCCCC(O)c1nnc(Nc2cc(OC)c(OC)c(OC)c2)s1. The van der Waals surface area contributed by atoms with Gasteiger partial charge < -0.3 is 24.6 Å². The largest absolute Gasteiger partial charge is 0.493 e. The first kappa shape index (κ1) is 20.3. The summed E-state index contributed by atoms with van der Waals surface area (Å²) in [5.74, 6) is 1.63. The number of nitrogens with one attached hydrogen (secondary N) is 1. The summed E-state index contributed by atoms with van der Waals surface area (Å²) >= 11 is 1.34. The number of anilines is 2. The number of aliphatic hydroxyl groups excluding tert-OH is 1. The minimum absolute atomic E-state index is 0.529.